The molecule has 1 aromatic heterocycles. The Morgan fingerprint density at radius 1 is 1.27 bits per heavy atom. The van der Waals surface area contributed by atoms with Crippen molar-refractivity contribution in [2.24, 2.45) is 21.1 Å². The molecule has 1 aromatic rings. The van der Waals surface area contributed by atoms with Crippen LogP contribution in [0.2, 0.25) is 0 Å². The summed E-state index contributed by atoms with van der Waals surface area (Å²) < 4.78 is 52.7. The molecule has 0 saturated carbocycles. The van der Waals surface area contributed by atoms with Gasteiger partial charge in [-0.2, -0.15) is 18.4 Å². The third-order valence-electron chi connectivity index (χ3n) is 6.66. The van der Waals surface area contributed by atoms with E-state index in [1.165, 1.54) is 32.3 Å². The number of azo groups is 1. The number of allylic oxidation sites excluding steroid dienone is 1. The van der Waals surface area contributed by atoms with Gasteiger partial charge in [-0.05, 0) is 38.8 Å². The molecule has 3 aliphatic heterocycles. The molecule has 4 rings (SSSR count). The molecule has 0 bridgehead atoms. The van der Waals surface area contributed by atoms with E-state index in [1.54, 1.807) is 6.08 Å². The van der Waals surface area contributed by atoms with Crippen LogP contribution in [0.1, 0.15) is 49.2 Å². The highest BCUT2D eigenvalue weighted by Crippen LogP contribution is 2.36. The summed E-state index contributed by atoms with van der Waals surface area (Å²) in [6.07, 6.45) is -2.78. The number of aliphatic hydroxyl groups is 1. The minimum atomic E-state index is -4.63. The lowest BCUT2D eigenvalue weighted by Gasteiger charge is -2.34. The van der Waals surface area contributed by atoms with Gasteiger partial charge in [0.05, 0.1) is 35.2 Å². The Hall–Kier alpha value is -4.19. The van der Waals surface area contributed by atoms with E-state index >= 15 is 0 Å². The van der Waals surface area contributed by atoms with Crippen LogP contribution in [0.4, 0.5) is 23.2 Å². The summed E-state index contributed by atoms with van der Waals surface area (Å²) in [5, 5.41) is 32.7. The number of likely N-dealkylation sites (tertiary alicyclic amines) is 1. The molecule has 11 nitrogen and oxygen atoms in total. The number of hydrogen-bond acceptors (Lipinski definition) is 9. The van der Waals surface area contributed by atoms with Crippen LogP contribution in [0, 0.1) is 17.2 Å². The highest BCUT2D eigenvalue weighted by atomic mass is 19.4. The standard InChI is InChI=1S/C26H28F4N8O3/c1-25(2,41)20(27)12-34-24(40)16-11-32-18(23-22-19(36-37-23)6-14(9-31)10-33-22)7-17(16)35-15-4-3-5-38(13-15)21(39)8-26(28,29)30/h6-7,10-11,14-15,20,41H,3-5,8,12-13H2,1-2H3,(H,32,35)(H,34,40)/t14?,15-,20?/m1/s1. The van der Waals surface area contributed by atoms with E-state index in [1.807, 2.05) is 6.07 Å². The maximum Gasteiger partial charge on any atom is 0.397 e. The smallest absolute Gasteiger partial charge is 0.387 e. The number of piperidine rings is 1. The summed E-state index contributed by atoms with van der Waals surface area (Å²) >= 11 is 0. The Morgan fingerprint density at radius 3 is 2.71 bits per heavy atom. The number of aromatic nitrogens is 1. The van der Waals surface area contributed by atoms with Crippen molar-refractivity contribution in [3.05, 3.63) is 41.0 Å². The quantitative estimate of drug-likeness (QED) is 0.402. The number of nitrogens with one attached hydrogen (secondary N) is 2. The van der Waals surface area contributed by atoms with E-state index in [-0.39, 0.29) is 35.7 Å². The number of fused-ring (bicyclic) bond motifs is 1. The fourth-order valence-corrected chi connectivity index (χ4v) is 4.41. The first-order chi connectivity index (χ1) is 19.2. The lowest BCUT2D eigenvalue weighted by atomic mass is 10.0. The number of alkyl halides is 4. The van der Waals surface area contributed by atoms with Gasteiger partial charge in [-0.25, -0.2) is 4.39 Å². The first-order valence-electron chi connectivity index (χ1n) is 12.8. The van der Waals surface area contributed by atoms with Crippen molar-refractivity contribution in [2.45, 2.75) is 57.1 Å². The first-order valence-corrected chi connectivity index (χ1v) is 12.8. The second-order valence-corrected chi connectivity index (χ2v) is 10.4. The number of carbonyl (C=O) groups is 2. The average Bonchev–Trinajstić information content (AvgIpc) is 3.33. The summed E-state index contributed by atoms with van der Waals surface area (Å²) in [5.74, 6) is -2.32. The molecule has 3 N–H and O–H groups in total. The van der Waals surface area contributed by atoms with E-state index in [0.717, 1.165) is 4.90 Å². The van der Waals surface area contributed by atoms with E-state index in [4.69, 9.17) is 5.26 Å². The molecule has 4 heterocycles. The molecular weight excluding hydrogens is 548 g/mol. The van der Waals surface area contributed by atoms with Gasteiger partial charge >= 0.3 is 6.18 Å². The molecule has 3 aliphatic rings. The normalized spacial score (nSPS) is 21.2. The summed E-state index contributed by atoms with van der Waals surface area (Å²) in [6, 6.07) is 3.03. The molecule has 3 atom stereocenters. The Morgan fingerprint density at radius 2 is 2.02 bits per heavy atom. The van der Waals surface area contributed by atoms with Crippen molar-refractivity contribution in [1.82, 2.24) is 15.2 Å². The predicted molar refractivity (Wildman–Crippen MR) is 139 cm³/mol. The Kier molecular flexibility index (Phi) is 8.52. The molecule has 1 saturated heterocycles. The number of rotatable bonds is 8. The van der Waals surface area contributed by atoms with E-state index < -0.39 is 54.7 Å². The number of pyridine rings is 1. The minimum Gasteiger partial charge on any atom is -0.387 e. The number of dihydropyridines is 1. The van der Waals surface area contributed by atoms with Crippen LogP contribution >= 0.6 is 0 Å². The molecule has 0 radical (unpaired) electrons. The van der Waals surface area contributed by atoms with Crippen molar-refractivity contribution in [3.8, 4) is 6.07 Å². The molecule has 15 heteroatoms. The van der Waals surface area contributed by atoms with Gasteiger partial charge in [0.15, 0.2) is 0 Å². The van der Waals surface area contributed by atoms with Crippen LogP contribution in [-0.4, -0.2) is 76.6 Å². The SMILES string of the molecule is CC(C)(O)C(F)CNC(=O)c1cnc(C2=C3N=CC(C#N)C=C3N=N2)cc1N[C@@H]1CCCN(C(=O)CC(F)(F)F)C1. The Labute approximate surface area is 232 Å². The zero-order chi connectivity index (χ0) is 29.9. The van der Waals surface area contributed by atoms with Gasteiger partial charge in [0.25, 0.3) is 5.91 Å². The monoisotopic (exact) mass is 576 g/mol. The third-order valence-corrected chi connectivity index (χ3v) is 6.66. The van der Waals surface area contributed by atoms with Crippen LogP contribution in [0.25, 0.3) is 5.70 Å². The summed E-state index contributed by atoms with van der Waals surface area (Å²) in [4.78, 5) is 35.0. The fraction of sp³-hybridized carbons (Fsp3) is 0.500. The minimum absolute atomic E-state index is 0.00317. The maximum absolute atomic E-state index is 14.3. The van der Waals surface area contributed by atoms with Crippen LogP contribution in [-0.2, 0) is 4.79 Å². The average molecular weight is 577 g/mol. The predicted octanol–water partition coefficient (Wildman–Crippen LogP) is 3.52. The number of anilines is 1. The van der Waals surface area contributed by atoms with Gasteiger partial charge in [0, 0.05) is 31.5 Å². The molecule has 0 aliphatic carbocycles. The highest BCUT2D eigenvalue weighted by molar-refractivity contribution is 6.00. The van der Waals surface area contributed by atoms with Gasteiger partial charge < -0.3 is 20.6 Å². The van der Waals surface area contributed by atoms with E-state index in [0.29, 0.717) is 24.2 Å². The maximum atomic E-state index is 14.3. The van der Waals surface area contributed by atoms with Crippen molar-refractivity contribution in [1.29, 1.82) is 5.26 Å². The van der Waals surface area contributed by atoms with Crippen LogP contribution in [0.5, 0.6) is 0 Å². The summed E-state index contributed by atoms with van der Waals surface area (Å²) in [6.45, 7) is 2.19. The molecule has 218 valence electrons. The van der Waals surface area contributed by atoms with Crippen molar-refractivity contribution < 1.29 is 32.3 Å². The molecule has 0 aromatic carbocycles. The van der Waals surface area contributed by atoms with Gasteiger partial charge in [0.1, 0.15) is 35.6 Å². The second kappa shape index (κ2) is 11.7. The molecule has 0 spiro atoms. The summed E-state index contributed by atoms with van der Waals surface area (Å²) in [7, 11) is 0. The number of halogens is 4. The summed E-state index contributed by atoms with van der Waals surface area (Å²) in [5.41, 5.74) is -0.171. The highest BCUT2D eigenvalue weighted by Gasteiger charge is 2.35. The third kappa shape index (κ3) is 7.31. The number of nitrogens with zero attached hydrogens (tertiary/aromatic N) is 6. The molecule has 2 unspecified atom stereocenters. The van der Waals surface area contributed by atoms with Gasteiger partial charge in [-0.1, -0.05) is 0 Å². The van der Waals surface area contributed by atoms with E-state index in [2.05, 4.69) is 30.8 Å². The van der Waals surface area contributed by atoms with Crippen LogP contribution in [0.3, 0.4) is 0 Å². The van der Waals surface area contributed by atoms with Crippen molar-refractivity contribution >= 4 is 29.4 Å². The number of aliphatic imine (C=N–C) groups is 1. The molecular formula is C26H28F4N8O3. The van der Waals surface area contributed by atoms with Crippen molar-refractivity contribution in [2.75, 3.05) is 25.0 Å². The number of carbonyl (C=O) groups excluding carboxylic acids is 2. The lowest BCUT2D eigenvalue weighted by molar-refractivity contribution is -0.162. The van der Waals surface area contributed by atoms with Gasteiger partial charge in [-0.15, -0.1) is 10.2 Å². The first kappa shape index (κ1) is 29.8. The Bertz CT molecular complexity index is 1370. The zero-order valence-corrected chi connectivity index (χ0v) is 22.2. The lowest BCUT2D eigenvalue weighted by Crippen LogP contribution is -2.46. The molecule has 1 fully saturated rings. The number of amides is 2. The van der Waals surface area contributed by atoms with Crippen molar-refractivity contribution in [3.63, 3.8) is 0 Å². The second-order valence-electron chi connectivity index (χ2n) is 10.4. The van der Waals surface area contributed by atoms with Gasteiger partial charge in [0.2, 0.25) is 5.91 Å². The Balaban J connectivity index is 1.62. The van der Waals surface area contributed by atoms with E-state index in [9.17, 15) is 32.3 Å². The fourth-order valence-electron chi connectivity index (χ4n) is 4.41. The topological polar surface area (TPSA) is 155 Å². The van der Waals surface area contributed by atoms with Crippen LogP contribution < -0.4 is 10.6 Å². The number of nitriles is 1. The van der Waals surface area contributed by atoms with Crippen LogP contribution in [0.15, 0.2) is 45.0 Å². The largest absolute Gasteiger partial charge is 0.397 e. The number of hydrogen-bond donors (Lipinski definition) is 3. The zero-order valence-electron chi connectivity index (χ0n) is 22.2. The molecule has 41 heavy (non-hydrogen) atoms. The van der Waals surface area contributed by atoms with Gasteiger partial charge in [-0.3, -0.25) is 19.6 Å². The molecule has 2 amide bonds.